The third-order valence-electron chi connectivity index (χ3n) is 1.09. The van der Waals surface area contributed by atoms with Crippen LogP contribution < -0.4 is 0 Å². The first-order valence-electron chi connectivity index (χ1n) is 2.74. The fourth-order valence-corrected chi connectivity index (χ4v) is 1.62. The molecular formula is C6H4ClF3S. The molecule has 0 saturated heterocycles. The van der Waals surface area contributed by atoms with Gasteiger partial charge in [-0.3, -0.25) is 0 Å². The average Bonchev–Trinajstić information content (AvgIpc) is 2.32. The van der Waals surface area contributed by atoms with Crippen molar-refractivity contribution in [3.63, 3.8) is 0 Å². The van der Waals surface area contributed by atoms with E-state index in [1.807, 2.05) is 0 Å². The minimum absolute atomic E-state index is 0.132. The molecule has 0 aliphatic carbocycles. The molecule has 0 nitrogen and oxygen atoms in total. The Bertz CT molecular complexity index is 240. The number of thiophene rings is 1. The standard InChI is InChI=1S/C6H4ClF3S/c7-2-4-1-5(11-3-4)6(8,9)10/h1,3H,2H2. The molecule has 0 unspecified atom stereocenters. The summed E-state index contributed by atoms with van der Waals surface area (Å²) in [6, 6.07) is 1.07. The second-order valence-electron chi connectivity index (χ2n) is 1.95. The van der Waals surface area contributed by atoms with Crippen molar-refractivity contribution in [2.45, 2.75) is 12.1 Å². The highest BCUT2D eigenvalue weighted by atomic mass is 35.5. The number of hydrogen-bond donors (Lipinski definition) is 0. The second kappa shape index (κ2) is 3.03. The van der Waals surface area contributed by atoms with Crippen molar-refractivity contribution < 1.29 is 13.2 Å². The highest BCUT2D eigenvalue weighted by molar-refractivity contribution is 7.10. The maximum absolute atomic E-state index is 11.9. The van der Waals surface area contributed by atoms with Gasteiger partial charge >= 0.3 is 6.18 Å². The predicted octanol–water partition coefficient (Wildman–Crippen LogP) is 3.51. The van der Waals surface area contributed by atoms with Gasteiger partial charge in [-0.05, 0) is 17.0 Å². The smallest absolute Gasteiger partial charge is 0.165 e. The Hall–Kier alpha value is -0.220. The number of rotatable bonds is 1. The van der Waals surface area contributed by atoms with Crippen LogP contribution in [0.25, 0.3) is 0 Å². The summed E-state index contributed by atoms with van der Waals surface area (Å²) in [5.41, 5.74) is 0.518. The number of alkyl halides is 4. The van der Waals surface area contributed by atoms with Crippen molar-refractivity contribution in [1.82, 2.24) is 0 Å². The normalized spacial score (nSPS) is 12.0. The van der Waals surface area contributed by atoms with Crippen LogP contribution in [0.5, 0.6) is 0 Å². The first kappa shape index (κ1) is 8.87. The molecule has 0 N–H and O–H groups in total. The second-order valence-corrected chi connectivity index (χ2v) is 3.13. The van der Waals surface area contributed by atoms with Crippen LogP contribution >= 0.6 is 22.9 Å². The maximum atomic E-state index is 11.9. The summed E-state index contributed by atoms with van der Waals surface area (Å²) in [7, 11) is 0. The predicted molar refractivity (Wildman–Crippen MR) is 38.9 cm³/mol. The Morgan fingerprint density at radius 3 is 2.36 bits per heavy atom. The zero-order valence-corrected chi connectivity index (χ0v) is 6.85. The van der Waals surface area contributed by atoms with E-state index < -0.39 is 11.1 Å². The molecule has 0 atom stereocenters. The lowest BCUT2D eigenvalue weighted by Crippen LogP contribution is -2.00. The Balaban J connectivity index is 2.89. The zero-order valence-electron chi connectivity index (χ0n) is 5.28. The van der Waals surface area contributed by atoms with E-state index in [2.05, 4.69) is 0 Å². The van der Waals surface area contributed by atoms with Gasteiger partial charge in [0.05, 0.1) is 0 Å². The first-order chi connectivity index (χ1) is 5.04. The third-order valence-corrected chi connectivity index (χ3v) is 2.42. The van der Waals surface area contributed by atoms with E-state index in [9.17, 15) is 13.2 Å². The van der Waals surface area contributed by atoms with Gasteiger partial charge in [-0.2, -0.15) is 13.2 Å². The molecule has 0 radical (unpaired) electrons. The molecule has 0 amide bonds. The summed E-state index contributed by atoms with van der Waals surface area (Å²) < 4.78 is 35.7. The van der Waals surface area contributed by atoms with Crippen molar-refractivity contribution in [2.75, 3.05) is 0 Å². The van der Waals surface area contributed by atoms with Crippen molar-refractivity contribution >= 4 is 22.9 Å². The lowest BCUT2D eigenvalue weighted by atomic mass is 10.3. The molecule has 0 bridgehead atoms. The van der Waals surface area contributed by atoms with Crippen LogP contribution in [-0.2, 0) is 12.1 Å². The average molecular weight is 201 g/mol. The molecule has 0 aliphatic heterocycles. The highest BCUT2D eigenvalue weighted by Gasteiger charge is 2.32. The Labute approximate surface area is 70.6 Å². The maximum Gasteiger partial charge on any atom is 0.425 e. The van der Waals surface area contributed by atoms with Crippen molar-refractivity contribution in [3.05, 3.63) is 21.9 Å². The van der Waals surface area contributed by atoms with Gasteiger partial charge < -0.3 is 0 Å². The van der Waals surface area contributed by atoms with E-state index in [0.717, 1.165) is 6.07 Å². The third kappa shape index (κ3) is 2.10. The topological polar surface area (TPSA) is 0 Å². The van der Waals surface area contributed by atoms with Gasteiger partial charge in [-0.25, -0.2) is 0 Å². The van der Waals surface area contributed by atoms with Gasteiger partial charge in [0.2, 0.25) is 0 Å². The summed E-state index contributed by atoms with van der Waals surface area (Å²) in [4.78, 5) is -0.590. The van der Waals surface area contributed by atoms with Gasteiger partial charge in [0.1, 0.15) is 4.88 Å². The van der Waals surface area contributed by atoms with E-state index in [-0.39, 0.29) is 5.88 Å². The quantitative estimate of drug-likeness (QED) is 0.609. The largest absolute Gasteiger partial charge is 0.425 e. The lowest BCUT2D eigenvalue weighted by Gasteiger charge is -1.99. The molecule has 62 valence electrons. The molecular weight excluding hydrogens is 197 g/mol. The molecule has 11 heavy (non-hydrogen) atoms. The molecule has 0 aliphatic rings. The Morgan fingerprint density at radius 1 is 1.45 bits per heavy atom. The van der Waals surface area contributed by atoms with Gasteiger partial charge in [0.15, 0.2) is 0 Å². The minimum atomic E-state index is -4.23. The van der Waals surface area contributed by atoms with E-state index in [4.69, 9.17) is 11.6 Å². The van der Waals surface area contributed by atoms with E-state index in [1.54, 1.807) is 0 Å². The van der Waals surface area contributed by atoms with Crippen LogP contribution in [0.2, 0.25) is 0 Å². The van der Waals surface area contributed by atoms with Crippen LogP contribution in [0.15, 0.2) is 11.4 Å². The van der Waals surface area contributed by atoms with E-state index in [1.165, 1.54) is 5.38 Å². The fourth-order valence-electron chi connectivity index (χ4n) is 0.594. The molecule has 0 aromatic carbocycles. The number of halogens is 4. The molecule has 0 spiro atoms. The SMILES string of the molecule is FC(F)(F)c1cc(CCl)cs1. The molecule has 1 heterocycles. The van der Waals surface area contributed by atoms with Gasteiger partial charge in [0, 0.05) is 5.88 Å². The number of hydrogen-bond acceptors (Lipinski definition) is 1. The summed E-state index contributed by atoms with van der Waals surface area (Å²) >= 11 is 6.00. The van der Waals surface area contributed by atoms with Crippen LogP contribution in [-0.4, -0.2) is 0 Å². The summed E-state index contributed by atoms with van der Waals surface area (Å²) in [5, 5.41) is 1.41. The summed E-state index contributed by atoms with van der Waals surface area (Å²) in [6.07, 6.45) is -4.23. The van der Waals surface area contributed by atoms with Crippen LogP contribution in [0, 0.1) is 0 Å². The van der Waals surface area contributed by atoms with Gasteiger partial charge in [-0.15, -0.1) is 22.9 Å². The monoisotopic (exact) mass is 200 g/mol. The van der Waals surface area contributed by atoms with Crippen molar-refractivity contribution in [2.24, 2.45) is 0 Å². The van der Waals surface area contributed by atoms with Crippen LogP contribution in [0.1, 0.15) is 10.4 Å². The Kier molecular flexibility index (Phi) is 2.44. The fraction of sp³-hybridized carbons (Fsp3) is 0.333. The minimum Gasteiger partial charge on any atom is -0.165 e. The molecule has 1 aromatic rings. The highest BCUT2D eigenvalue weighted by Crippen LogP contribution is 2.34. The van der Waals surface area contributed by atoms with Gasteiger partial charge in [-0.1, -0.05) is 0 Å². The van der Waals surface area contributed by atoms with Crippen LogP contribution in [0.3, 0.4) is 0 Å². The van der Waals surface area contributed by atoms with E-state index >= 15 is 0 Å². The van der Waals surface area contributed by atoms with Crippen molar-refractivity contribution in [3.8, 4) is 0 Å². The first-order valence-corrected chi connectivity index (χ1v) is 4.16. The lowest BCUT2D eigenvalue weighted by molar-refractivity contribution is -0.134. The zero-order chi connectivity index (χ0) is 8.48. The Morgan fingerprint density at radius 2 is 2.09 bits per heavy atom. The molecule has 1 aromatic heterocycles. The molecule has 0 fully saturated rings. The van der Waals surface area contributed by atoms with Gasteiger partial charge in [0.25, 0.3) is 0 Å². The van der Waals surface area contributed by atoms with E-state index in [0.29, 0.717) is 16.9 Å². The molecule has 0 saturated carbocycles. The molecule has 5 heteroatoms. The molecule has 1 rings (SSSR count). The van der Waals surface area contributed by atoms with Crippen LogP contribution in [0.4, 0.5) is 13.2 Å². The summed E-state index contributed by atoms with van der Waals surface area (Å²) in [6.45, 7) is 0. The summed E-state index contributed by atoms with van der Waals surface area (Å²) in [5.74, 6) is 0.132. The van der Waals surface area contributed by atoms with Crippen molar-refractivity contribution in [1.29, 1.82) is 0 Å².